The number of likely N-dealkylation sites (N-methyl/N-ethyl adjacent to an activating group) is 1. The number of aliphatic imine (C=N–C) groups is 1. The van der Waals surface area contributed by atoms with Gasteiger partial charge in [0, 0.05) is 27.1 Å². The van der Waals surface area contributed by atoms with Gasteiger partial charge in [0.2, 0.25) is 0 Å². The minimum Gasteiger partial charge on any atom is -0.366 e. The van der Waals surface area contributed by atoms with Crippen molar-refractivity contribution in [2.45, 2.75) is 20.3 Å². The molecular formula is C17H25N3O. The molecule has 0 unspecified atom stereocenters. The first kappa shape index (κ1) is 17.0. The largest absolute Gasteiger partial charge is 0.366 e. The summed E-state index contributed by atoms with van der Waals surface area (Å²) in [4.78, 5) is 20.1. The minimum absolute atomic E-state index is 0.204. The van der Waals surface area contributed by atoms with Crippen LogP contribution in [0.1, 0.15) is 20.3 Å². The number of nitrogens with zero attached hydrogens (tertiary/aromatic N) is 3. The molecule has 0 aliphatic rings. The molecule has 0 radical (unpaired) electrons. The lowest BCUT2D eigenvalue weighted by atomic mass is 10.2. The van der Waals surface area contributed by atoms with Gasteiger partial charge in [0.1, 0.15) is 0 Å². The Kier molecular flexibility index (Phi) is 7.23. The lowest BCUT2D eigenvalue weighted by Crippen LogP contribution is -2.27. The highest BCUT2D eigenvalue weighted by molar-refractivity contribution is 5.89. The van der Waals surface area contributed by atoms with Crippen LogP contribution >= 0.6 is 0 Å². The maximum atomic E-state index is 11.9. The molecule has 0 saturated heterocycles. The molecule has 0 spiro atoms. The first-order valence-electron chi connectivity index (χ1n) is 7.26. The first-order valence-corrected chi connectivity index (χ1v) is 7.26. The molecular weight excluding hydrogens is 262 g/mol. The number of allylic oxidation sites excluding steroid dienone is 2. The van der Waals surface area contributed by atoms with Crippen LogP contribution in [0.15, 0.2) is 41.4 Å². The number of carbonyl (C=O) groups is 1. The van der Waals surface area contributed by atoms with Gasteiger partial charge in [0.15, 0.2) is 5.78 Å². The van der Waals surface area contributed by atoms with Gasteiger partial charge in [-0.15, -0.1) is 0 Å². The molecule has 0 fully saturated rings. The van der Waals surface area contributed by atoms with Crippen molar-refractivity contribution in [3.05, 3.63) is 36.4 Å². The summed E-state index contributed by atoms with van der Waals surface area (Å²) in [6.07, 6.45) is 6.09. The Bertz CT molecular complexity index is 509. The van der Waals surface area contributed by atoms with Gasteiger partial charge in [-0.2, -0.15) is 0 Å². The van der Waals surface area contributed by atoms with Crippen molar-refractivity contribution in [3.63, 3.8) is 0 Å². The zero-order chi connectivity index (χ0) is 15.7. The molecule has 1 aromatic rings. The van der Waals surface area contributed by atoms with Crippen molar-refractivity contribution < 1.29 is 4.79 Å². The topological polar surface area (TPSA) is 35.9 Å². The molecule has 0 bridgehead atoms. The van der Waals surface area contributed by atoms with E-state index in [9.17, 15) is 4.79 Å². The predicted molar refractivity (Wildman–Crippen MR) is 91.6 cm³/mol. The minimum atomic E-state index is 0.204. The molecule has 0 aromatic heterocycles. The van der Waals surface area contributed by atoms with E-state index in [-0.39, 0.29) is 5.78 Å². The number of hydrogen-bond acceptors (Lipinski definition) is 3. The summed E-state index contributed by atoms with van der Waals surface area (Å²) < 4.78 is 0. The van der Waals surface area contributed by atoms with Crippen molar-refractivity contribution in [1.82, 2.24) is 0 Å². The third kappa shape index (κ3) is 5.42. The first-order chi connectivity index (χ1) is 10.1. The fraction of sp³-hybridized carbons (Fsp3) is 0.412. The van der Waals surface area contributed by atoms with Crippen molar-refractivity contribution >= 4 is 23.5 Å². The van der Waals surface area contributed by atoms with E-state index in [1.54, 1.807) is 0 Å². The Labute approximate surface area is 127 Å². The number of Topliss-reactive ketones (excluding diaryl/α,β-unsaturated/α-hetero) is 1. The number of para-hydroxylation sites is 2. The molecule has 114 valence electrons. The van der Waals surface area contributed by atoms with Gasteiger partial charge in [0.25, 0.3) is 0 Å². The SMILES string of the molecule is C/C=C\CC(=O)CN(C)c1ccccc1N(C)C=NCC. The van der Waals surface area contributed by atoms with E-state index in [1.807, 2.05) is 80.5 Å². The highest BCUT2D eigenvalue weighted by atomic mass is 16.1. The molecule has 4 nitrogen and oxygen atoms in total. The van der Waals surface area contributed by atoms with Crippen LogP contribution in [0.5, 0.6) is 0 Å². The molecule has 0 N–H and O–H groups in total. The second kappa shape index (κ2) is 8.95. The summed E-state index contributed by atoms with van der Waals surface area (Å²) in [5.74, 6) is 0.204. The van der Waals surface area contributed by atoms with Crippen LogP contribution in [0.25, 0.3) is 0 Å². The number of carbonyl (C=O) groups excluding carboxylic acids is 1. The second-order valence-corrected chi connectivity index (χ2v) is 4.88. The van der Waals surface area contributed by atoms with E-state index in [0.29, 0.717) is 13.0 Å². The summed E-state index contributed by atoms with van der Waals surface area (Å²) in [5.41, 5.74) is 2.06. The molecule has 21 heavy (non-hydrogen) atoms. The highest BCUT2D eigenvalue weighted by Gasteiger charge is 2.12. The highest BCUT2D eigenvalue weighted by Crippen LogP contribution is 2.26. The second-order valence-electron chi connectivity index (χ2n) is 4.88. The summed E-state index contributed by atoms with van der Waals surface area (Å²) in [6.45, 7) is 5.08. The predicted octanol–water partition coefficient (Wildman–Crippen LogP) is 3.14. The molecule has 0 atom stereocenters. The third-order valence-corrected chi connectivity index (χ3v) is 3.11. The van der Waals surface area contributed by atoms with Crippen molar-refractivity contribution in [1.29, 1.82) is 0 Å². The van der Waals surface area contributed by atoms with Gasteiger partial charge in [-0.3, -0.25) is 9.79 Å². The normalized spacial score (nSPS) is 11.2. The van der Waals surface area contributed by atoms with E-state index in [1.165, 1.54) is 0 Å². The lowest BCUT2D eigenvalue weighted by Gasteiger charge is -2.25. The number of anilines is 2. The van der Waals surface area contributed by atoms with Gasteiger partial charge < -0.3 is 9.80 Å². The Morgan fingerprint density at radius 3 is 2.52 bits per heavy atom. The van der Waals surface area contributed by atoms with Crippen LogP contribution in [0.4, 0.5) is 11.4 Å². The zero-order valence-corrected chi connectivity index (χ0v) is 13.4. The van der Waals surface area contributed by atoms with Crippen LogP contribution in [0.3, 0.4) is 0 Å². The molecule has 4 heteroatoms. The number of ketones is 1. The maximum absolute atomic E-state index is 11.9. The smallest absolute Gasteiger partial charge is 0.155 e. The number of benzene rings is 1. The van der Waals surface area contributed by atoms with E-state index >= 15 is 0 Å². The molecule has 0 aliphatic heterocycles. The van der Waals surface area contributed by atoms with Crippen LogP contribution < -0.4 is 9.80 Å². The third-order valence-electron chi connectivity index (χ3n) is 3.11. The van der Waals surface area contributed by atoms with Crippen molar-refractivity contribution in [2.75, 3.05) is 37.0 Å². The van der Waals surface area contributed by atoms with Gasteiger partial charge in [-0.1, -0.05) is 24.3 Å². The Morgan fingerprint density at radius 2 is 1.90 bits per heavy atom. The average Bonchev–Trinajstić information content (AvgIpc) is 2.50. The van der Waals surface area contributed by atoms with E-state index < -0.39 is 0 Å². The fourth-order valence-electron chi connectivity index (χ4n) is 2.02. The van der Waals surface area contributed by atoms with Crippen molar-refractivity contribution in [2.24, 2.45) is 4.99 Å². The fourth-order valence-corrected chi connectivity index (χ4v) is 2.02. The molecule has 0 saturated carbocycles. The number of hydrogen-bond donors (Lipinski definition) is 0. The van der Waals surface area contributed by atoms with Crippen LogP contribution in [-0.2, 0) is 4.79 Å². The van der Waals surface area contributed by atoms with Gasteiger partial charge >= 0.3 is 0 Å². The van der Waals surface area contributed by atoms with Gasteiger partial charge in [0.05, 0.1) is 24.3 Å². The summed E-state index contributed by atoms with van der Waals surface area (Å²) in [5, 5.41) is 0. The Morgan fingerprint density at radius 1 is 1.24 bits per heavy atom. The van der Waals surface area contributed by atoms with Crippen molar-refractivity contribution in [3.8, 4) is 0 Å². The van der Waals surface area contributed by atoms with Crippen LogP contribution in [0.2, 0.25) is 0 Å². The summed E-state index contributed by atoms with van der Waals surface area (Å²) in [7, 11) is 3.91. The average molecular weight is 287 g/mol. The molecule has 0 aliphatic carbocycles. The summed E-state index contributed by atoms with van der Waals surface area (Å²) in [6, 6.07) is 8.03. The molecule has 1 aromatic carbocycles. The molecule has 0 amide bonds. The molecule has 0 heterocycles. The monoisotopic (exact) mass is 287 g/mol. The zero-order valence-electron chi connectivity index (χ0n) is 13.4. The molecule has 1 rings (SSSR count). The maximum Gasteiger partial charge on any atom is 0.155 e. The van der Waals surface area contributed by atoms with Crippen LogP contribution in [-0.4, -0.2) is 39.3 Å². The van der Waals surface area contributed by atoms with Gasteiger partial charge in [-0.05, 0) is 26.0 Å². The summed E-state index contributed by atoms with van der Waals surface area (Å²) >= 11 is 0. The van der Waals surface area contributed by atoms with Crippen LogP contribution in [0, 0.1) is 0 Å². The quantitative estimate of drug-likeness (QED) is 0.418. The Hall–Kier alpha value is -2.10. The van der Waals surface area contributed by atoms with E-state index in [0.717, 1.165) is 17.9 Å². The standard InChI is InChI=1S/C17H25N3O/c1-5-7-10-15(21)13-19(3)16-11-8-9-12-17(16)20(4)14-18-6-2/h5,7-9,11-12,14H,6,10,13H2,1-4H3/b7-5-,18-14?. The Balaban J connectivity index is 2.86. The lowest BCUT2D eigenvalue weighted by molar-refractivity contribution is -0.116. The van der Waals surface area contributed by atoms with E-state index in [2.05, 4.69) is 4.99 Å². The number of rotatable bonds is 8. The van der Waals surface area contributed by atoms with Gasteiger partial charge in [-0.25, -0.2) is 0 Å². The van der Waals surface area contributed by atoms with E-state index in [4.69, 9.17) is 0 Å².